The molecule has 0 saturated heterocycles. The Morgan fingerprint density at radius 3 is 2.58 bits per heavy atom. The van der Waals surface area contributed by atoms with Crippen molar-refractivity contribution in [2.24, 2.45) is 0 Å². The zero-order valence-electron chi connectivity index (χ0n) is 14.8. The number of nitrogens with one attached hydrogen (secondary N) is 1. The summed E-state index contributed by atoms with van der Waals surface area (Å²) in [5.74, 6) is -0.747. The van der Waals surface area contributed by atoms with Crippen LogP contribution in [0.15, 0.2) is 47.4 Å². The quantitative estimate of drug-likeness (QED) is 0.800. The van der Waals surface area contributed by atoms with E-state index in [1.165, 1.54) is 42.3 Å². The zero-order chi connectivity index (χ0) is 19.3. The van der Waals surface area contributed by atoms with Gasteiger partial charge < -0.3 is 9.64 Å². The van der Waals surface area contributed by atoms with E-state index in [0.29, 0.717) is 5.56 Å². The van der Waals surface area contributed by atoms with Gasteiger partial charge in [-0.25, -0.2) is 17.5 Å². The van der Waals surface area contributed by atoms with Crippen LogP contribution >= 0.6 is 0 Å². The number of hydrogen-bond donors (Lipinski definition) is 1. The highest BCUT2D eigenvalue weighted by molar-refractivity contribution is 7.89. The second-order valence-corrected chi connectivity index (χ2v) is 7.43. The lowest BCUT2D eigenvalue weighted by Gasteiger charge is -2.18. The van der Waals surface area contributed by atoms with Gasteiger partial charge in [0.1, 0.15) is 0 Å². The number of rotatable bonds is 7. The van der Waals surface area contributed by atoms with Gasteiger partial charge in [-0.2, -0.15) is 0 Å². The van der Waals surface area contributed by atoms with Crippen LogP contribution in [0, 0.1) is 5.82 Å². The summed E-state index contributed by atoms with van der Waals surface area (Å²) in [7, 11) is -0.706. The Labute approximate surface area is 152 Å². The first-order chi connectivity index (χ1) is 12.3. The highest BCUT2D eigenvalue weighted by Gasteiger charge is 2.18. The second-order valence-electron chi connectivity index (χ2n) is 5.66. The van der Waals surface area contributed by atoms with E-state index in [1.54, 1.807) is 26.1 Å². The van der Waals surface area contributed by atoms with Crippen molar-refractivity contribution < 1.29 is 22.3 Å². The summed E-state index contributed by atoms with van der Waals surface area (Å²) < 4.78 is 45.2. The summed E-state index contributed by atoms with van der Waals surface area (Å²) in [6, 6.07) is 10.3. The predicted octanol–water partition coefficient (Wildman–Crippen LogP) is 2.40. The molecule has 0 atom stereocenters. The van der Waals surface area contributed by atoms with E-state index in [9.17, 15) is 17.6 Å². The van der Waals surface area contributed by atoms with Crippen LogP contribution in [0.5, 0.6) is 5.75 Å². The summed E-state index contributed by atoms with van der Waals surface area (Å²) in [5.41, 5.74) is 0.830. The van der Waals surface area contributed by atoms with E-state index in [2.05, 4.69) is 4.72 Å². The second kappa shape index (κ2) is 8.29. The third kappa shape index (κ3) is 4.59. The molecule has 0 aliphatic rings. The highest BCUT2D eigenvalue weighted by Crippen LogP contribution is 2.19. The highest BCUT2D eigenvalue weighted by atomic mass is 32.2. The molecular formula is C18H21FN2O4S. The first kappa shape index (κ1) is 19.9. The molecule has 1 N–H and O–H groups in total. The molecular weight excluding hydrogens is 359 g/mol. The maximum atomic E-state index is 13.8. The molecule has 8 heteroatoms. The van der Waals surface area contributed by atoms with E-state index in [0.717, 1.165) is 0 Å². The normalized spacial score (nSPS) is 11.2. The Morgan fingerprint density at radius 2 is 1.96 bits per heavy atom. The van der Waals surface area contributed by atoms with Crippen molar-refractivity contribution in [3.63, 3.8) is 0 Å². The lowest BCUT2D eigenvalue weighted by molar-refractivity contribution is 0.0784. The Kier molecular flexibility index (Phi) is 6.33. The fraction of sp³-hybridized carbons (Fsp3) is 0.278. The predicted molar refractivity (Wildman–Crippen MR) is 96.1 cm³/mol. The van der Waals surface area contributed by atoms with Gasteiger partial charge in [0.2, 0.25) is 10.0 Å². The van der Waals surface area contributed by atoms with Crippen LogP contribution in [0.4, 0.5) is 4.39 Å². The largest absolute Gasteiger partial charge is 0.494 e. The molecule has 2 aromatic carbocycles. The van der Waals surface area contributed by atoms with E-state index < -0.39 is 15.8 Å². The van der Waals surface area contributed by atoms with Gasteiger partial charge in [0, 0.05) is 25.7 Å². The molecule has 0 radical (unpaired) electrons. The molecule has 0 unspecified atom stereocenters. The van der Waals surface area contributed by atoms with Crippen LogP contribution in [0.25, 0.3) is 0 Å². The number of carbonyl (C=O) groups excluding carboxylic acids is 1. The Balaban J connectivity index is 2.19. The molecule has 1 amide bonds. The van der Waals surface area contributed by atoms with Crippen molar-refractivity contribution in [3.8, 4) is 5.75 Å². The summed E-state index contributed by atoms with van der Waals surface area (Å²) >= 11 is 0. The minimum Gasteiger partial charge on any atom is -0.494 e. The summed E-state index contributed by atoms with van der Waals surface area (Å²) in [6.07, 6.45) is 0. The van der Waals surface area contributed by atoms with Crippen LogP contribution in [0.2, 0.25) is 0 Å². The molecule has 6 nitrogen and oxygen atoms in total. The number of hydrogen-bond acceptors (Lipinski definition) is 4. The molecule has 0 aromatic heterocycles. The lowest BCUT2D eigenvalue weighted by atomic mass is 10.1. The zero-order valence-corrected chi connectivity index (χ0v) is 15.6. The van der Waals surface area contributed by atoms with Gasteiger partial charge in [0.25, 0.3) is 5.91 Å². The van der Waals surface area contributed by atoms with Crippen molar-refractivity contribution in [3.05, 3.63) is 59.4 Å². The molecule has 0 spiro atoms. The first-order valence-corrected chi connectivity index (χ1v) is 9.44. The molecule has 0 saturated carbocycles. The molecule has 0 fully saturated rings. The maximum Gasteiger partial charge on any atom is 0.253 e. The smallest absolute Gasteiger partial charge is 0.253 e. The van der Waals surface area contributed by atoms with Crippen LogP contribution in [-0.4, -0.2) is 39.9 Å². The molecule has 2 rings (SSSR count). The Morgan fingerprint density at radius 1 is 1.23 bits per heavy atom. The topological polar surface area (TPSA) is 75.7 Å². The molecule has 0 heterocycles. The summed E-state index contributed by atoms with van der Waals surface area (Å²) in [6.45, 7) is 2.10. The standard InChI is InChI=1S/C18H21FN2O4S/c1-4-20-26(23,24)15-7-5-6-14(11-15)18(22)21(2)12-13-8-9-17(25-3)16(19)10-13/h5-11,20H,4,12H2,1-3H3. The monoisotopic (exact) mass is 380 g/mol. The number of nitrogens with zero attached hydrogens (tertiary/aromatic N) is 1. The minimum absolute atomic E-state index is 0.0223. The SMILES string of the molecule is CCNS(=O)(=O)c1cccc(C(=O)N(C)Cc2ccc(OC)c(F)c2)c1. The van der Waals surface area contributed by atoms with Gasteiger partial charge >= 0.3 is 0 Å². The first-order valence-electron chi connectivity index (χ1n) is 7.96. The van der Waals surface area contributed by atoms with E-state index in [-0.39, 0.29) is 35.2 Å². The Bertz CT molecular complexity index is 900. The average molecular weight is 380 g/mol. The van der Waals surface area contributed by atoms with Gasteiger partial charge in [0.05, 0.1) is 12.0 Å². The van der Waals surface area contributed by atoms with Crippen LogP contribution < -0.4 is 9.46 Å². The molecule has 2 aromatic rings. The lowest BCUT2D eigenvalue weighted by Crippen LogP contribution is -2.27. The van der Waals surface area contributed by atoms with Gasteiger partial charge in [-0.05, 0) is 35.9 Å². The average Bonchev–Trinajstić information content (AvgIpc) is 2.61. The summed E-state index contributed by atoms with van der Waals surface area (Å²) in [5, 5.41) is 0. The Hall–Kier alpha value is -2.45. The summed E-state index contributed by atoms with van der Waals surface area (Å²) in [4.78, 5) is 14.0. The van der Waals surface area contributed by atoms with Crippen LogP contribution in [0.3, 0.4) is 0 Å². The van der Waals surface area contributed by atoms with Crippen LogP contribution in [-0.2, 0) is 16.6 Å². The van der Waals surface area contributed by atoms with Gasteiger partial charge in [-0.15, -0.1) is 0 Å². The molecule has 140 valence electrons. The van der Waals surface area contributed by atoms with Gasteiger partial charge in [0.15, 0.2) is 11.6 Å². The number of sulfonamides is 1. The maximum absolute atomic E-state index is 13.8. The van der Waals surface area contributed by atoms with Crippen LogP contribution in [0.1, 0.15) is 22.8 Å². The number of amides is 1. The van der Waals surface area contributed by atoms with Crippen molar-refractivity contribution >= 4 is 15.9 Å². The molecule has 0 aliphatic heterocycles. The number of ether oxygens (including phenoxy) is 1. The number of methoxy groups -OCH3 is 1. The fourth-order valence-electron chi connectivity index (χ4n) is 2.44. The molecule has 26 heavy (non-hydrogen) atoms. The van der Waals surface area contributed by atoms with Crippen molar-refractivity contribution in [2.45, 2.75) is 18.4 Å². The van der Waals surface area contributed by atoms with Crippen molar-refractivity contribution in [1.29, 1.82) is 0 Å². The van der Waals surface area contributed by atoms with Crippen molar-refractivity contribution in [1.82, 2.24) is 9.62 Å². The third-order valence-electron chi connectivity index (χ3n) is 3.71. The molecule has 0 bridgehead atoms. The van der Waals surface area contributed by atoms with Crippen molar-refractivity contribution in [2.75, 3.05) is 20.7 Å². The van der Waals surface area contributed by atoms with E-state index in [1.807, 2.05) is 0 Å². The number of benzene rings is 2. The third-order valence-corrected chi connectivity index (χ3v) is 5.25. The minimum atomic E-state index is -3.65. The molecule has 0 aliphatic carbocycles. The van der Waals surface area contributed by atoms with Gasteiger partial charge in [-0.3, -0.25) is 4.79 Å². The van der Waals surface area contributed by atoms with E-state index >= 15 is 0 Å². The van der Waals surface area contributed by atoms with E-state index in [4.69, 9.17) is 4.74 Å². The number of halogens is 1. The van der Waals surface area contributed by atoms with Gasteiger partial charge in [-0.1, -0.05) is 19.1 Å². The number of carbonyl (C=O) groups is 1. The fourth-order valence-corrected chi connectivity index (χ4v) is 3.53.